The summed E-state index contributed by atoms with van der Waals surface area (Å²) in [5.41, 5.74) is 2.64. The van der Waals surface area contributed by atoms with Crippen LogP contribution in [0.4, 0.5) is 0 Å². The number of nitrogens with one attached hydrogen (secondary N) is 1. The molecule has 0 fully saturated rings. The molecule has 27 heavy (non-hydrogen) atoms. The summed E-state index contributed by atoms with van der Waals surface area (Å²) in [6.07, 6.45) is 5.26. The van der Waals surface area contributed by atoms with Crippen LogP contribution in [0.2, 0.25) is 0 Å². The van der Waals surface area contributed by atoms with Gasteiger partial charge in [0.2, 0.25) is 0 Å². The van der Waals surface area contributed by atoms with Gasteiger partial charge < -0.3 is 9.55 Å². The molecule has 1 unspecified atom stereocenters. The van der Waals surface area contributed by atoms with Gasteiger partial charge >= 0.3 is 0 Å². The Hall–Kier alpha value is -2.93. The first-order valence-corrected chi connectivity index (χ1v) is 9.67. The quantitative estimate of drug-likeness (QED) is 0.402. The van der Waals surface area contributed by atoms with Gasteiger partial charge in [0.1, 0.15) is 0 Å². The summed E-state index contributed by atoms with van der Waals surface area (Å²) in [6.45, 7) is 4.68. The van der Waals surface area contributed by atoms with Crippen molar-refractivity contribution >= 4 is 28.4 Å². The summed E-state index contributed by atoms with van der Waals surface area (Å²) >= 11 is 1.44. The summed E-state index contributed by atoms with van der Waals surface area (Å²) in [4.78, 5) is 20.2. The number of para-hydroxylation sites is 1. The second-order valence-electron chi connectivity index (χ2n) is 6.16. The first kappa shape index (κ1) is 17.5. The third-order valence-corrected chi connectivity index (χ3v) is 5.56. The fraction of sp³-hybridized carbons (Fsp3) is 0.200. The number of hydrogen-bond acceptors (Lipinski definition) is 5. The third-order valence-electron chi connectivity index (χ3n) is 4.48. The van der Waals surface area contributed by atoms with E-state index in [-0.39, 0.29) is 11.0 Å². The van der Waals surface area contributed by atoms with Crippen LogP contribution >= 0.6 is 11.8 Å². The highest BCUT2D eigenvalue weighted by Crippen LogP contribution is 2.29. The van der Waals surface area contributed by atoms with Gasteiger partial charge in [-0.25, -0.2) is 0 Å². The molecular formula is C20H19N5OS. The van der Waals surface area contributed by atoms with Crippen molar-refractivity contribution in [1.29, 1.82) is 0 Å². The number of carbonyl (C=O) groups is 1. The molecule has 3 aromatic heterocycles. The van der Waals surface area contributed by atoms with Crippen molar-refractivity contribution < 1.29 is 4.79 Å². The standard InChI is InChI=1S/C20H19N5OS/c1-3-25-19(14-8-10-21-11-9-14)23-24-20(25)27-13(2)18(26)16-12-22-17-7-5-4-6-15(16)17/h4-13,22H,3H2,1-2H3. The Morgan fingerprint density at radius 3 is 2.74 bits per heavy atom. The van der Waals surface area contributed by atoms with E-state index in [1.165, 1.54) is 11.8 Å². The Morgan fingerprint density at radius 1 is 1.19 bits per heavy atom. The summed E-state index contributed by atoms with van der Waals surface area (Å²) in [5, 5.41) is 10.1. The lowest BCUT2D eigenvalue weighted by Gasteiger charge is -2.11. The molecule has 6 nitrogen and oxygen atoms in total. The molecule has 0 aliphatic heterocycles. The maximum Gasteiger partial charge on any atom is 0.192 e. The molecule has 0 radical (unpaired) electrons. The Kier molecular flexibility index (Phi) is 4.77. The number of nitrogens with zero attached hydrogens (tertiary/aromatic N) is 4. The van der Waals surface area contributed by atoms with Gasteiger partial charge in [-0.1, -0.05) is 30.0 Å². The van der Waals surface area contributed by atoms with E-state index in [1.807, 2.05) is 54.8 Å². The number of H-pyrrole nitrogens is 1. The molecule has 136 valence electrons. The zero-order valence-corrected chi connectivity index (χ0v) is 15.9. The van der Waals surface area contributed by atoms with Crippen LogP contribution in [0.5, 0.6) is 0 Å². The van der Waals surface area contributed by atoms with Crippen LogP contribution in [0.1, 0.15) is 24.2 Å². The van der Waals surface area contributed by atoms with E-state index in [4.69, 9.17) is 0 Å². The van der Waals surface area contributed by atoms with E-state index >= 15 is 0 Å². The largest absolute Gasteiger partial charge is 0.360 e. The molecule has 0 amide bonds. The maximum absolute atomic E-state index is 13.0. The Morgan fingerprint density at radius 2 is 1.96 bits per heavy atom. The lowest BCUT2D eigenvalue weighted by molar-refractivity contribution is 0.0995. The Labute approximate surface area is 161 Å². The van der Waals surface area contributed by atoms with Crippen LogP contribution in [0.25, 0.3) is 22.3 Å². The molecule has 1 aromatic carbocycles. The van der Waals surface area contributed by atoms with Crippen LogP contribution in [-0.2, 0) is 6.54 Å². The number of benzene rings is 1. The van der Waals surface area contributed by atoms with Gasteiger partial charge in [0, 0.05) is 47.2 Å². The topological polar surface area (TPSA) is 76.5 Å². The lowest BCUT2D eigenvalue weighted by atomic mass is 10.1. The van der Waals surface area contributed by atoms with Crippen LogP contribution in [0.15, 0.2) is 60.1 Å². The second kappa shape index (κ2) is 7.36. The first-order valence-electron chi connectivity index (χ1n) is 8.79. The zero-order valence-electron chi connectivity index (χ0n) is 15.1. The zero-order chi connectivity index (χ0) is 18.8. The molecule has 0 aliphatic rings. The van der Waals surface area contributed by atoms with Crippen molar-refractivity contribution in [2.75, 3.05) is 0 Å². The van der Waals surface area contributed by atoms with E-state index in [9.17, 15) is 4.79 Å². The van der Waals surface area contributed by atoms with Gasteiger partial charge in [-0.05, 0) is 32.0 Å². The summed E-state index contributed by atoms with van der Waals surface area (Å²) < 4.78 is 2.03. The molecule has 0 aliphatic carbocycles. The molecule has 0 saturated carbocycles. The third kappa shape index (κ3) is 3.26. The summed E-state index contributed by atoms with van der Waals surface area (Å²) in [6, 6.07) is 11.6. The second-order valence-corrected chi connectivity index (χ2v) is 7.47. The fourth-order valence-electron chi connectivity index (χ4n) is 3.08. The molecule has 0 bridgehead atoms. The number of rotatable bonds is 6. The van der Waals surface area contributed by atoms with E-state index < -0.39 is 0 Å². The molecule has 0 spiro atoms. The van der Waals surface area contributed by atoms with Gasteiger partial charge in [0.15, 0.2) is 16.8 Å². The van der Waals surface area contributed by atoms with Crippen molar-refractivity contribution in [2.24, 2.45) is 0 Å². The van der Waals surface area contributed by atoms with Crippen molar-refractivity contribution in [3.63, 3.8) is 0 Å². The Bertz CT molecular complexity index is 1090. The molecule has 0 saturated heterocycles. The predicted molar refractivity (Wildman–Crippen MR) is 107 cm³/mol. The Balaban J connectivity index is 1.60. The minimum absolute atomic E-state index is 0.0774. The normalized spacial score (nSPS) is 12.4. The van der Waals surface area contributed by atoms with Gasteiger partial charge in [-0.2, -0.15) is 0 Å². The highest BCUT2D eigenvalue weighted by molar-refractivity contribution is 8.00. The van der Waals surface area contributed by atoms with Gasteiger partial charge in [0.05, 0.1) is 5.25 Å². The van der Waals surface area contributed by atoms with Crippen LogP contribution in [0.3, 0.4) is 0 Å². The van der Waals surface area contributed by atoms with Gasteiger partial charge in [-0.3, -0.25) is 9.78 Å². The van der Waals surface area contributed by atoms with Crippen LogP contribution in [0, 0.1) is 0 Å². The number of Topliss-reactive ketones (excluding diaryl/α,β-unsaturated/α-hetero) is 1. The smallest absolute Gasteiger partial charge is 0.192 e. The SMILES string of the molecule is CCn1c(SC(C)C(=O)c2c[nH]c3ccccc23)nnc1-c1ccncc1. The molecule has 3 heterocycles. The molecule has 1 atom stereocenters. The van der Waals surface area contributed by atoms with E-state index in [0.717, 1.165) is 34.0 Å². The first-order chi connectivity index (χ1) is 13.2. The summed E-state index contributed by atoms with van der Waals surface area (Å²) in [7, 11) is 0. The summed E-state index contributed by atoms with van der Waals surface area (Å²) in [5.74, 6) is 0.864. The van der Waals surface area contributed by atoms with E-state index in [2.05, 4.69) is 20.2 Å². The highest BCUT2D eigenvalue weighted by Gasteiger charge is 2.23. The number of aromatic nitrogens is 5. The number of thioether (sulfide) groups is 1. The number of carbonyl (C=O) groups excluding carboxylic acids is 1. The van der Waals surface area contributed by atoms with E-state index in [1.54, 1.807) is 18.6 Å². The number of hydrogen-bond donors (Lipinski definition) is 1. The predicted octanol–water partition coefficient (Wildman–Crippen LogP) is 4.20. The molecule has 4 rings (SSSR count). The molecule has 7 heteroatoms. The molecular weight excluding hydrogens is 358 g/mol. The molecule has 4 aromatic rings. The van der Waals surface area contributed by atoms with Crippen molar-refractivity contribution in [1.82, 2.24) is 24.7 Å². The fourth-order valence-corrected chi connectivity index (χ4v) is 4.06. The minimum atomic E-state index is -0.274. The van der Waals surface area contributed by atoms with Crippen LogP contribution in [-0.4, -0.2) is 35.8 Å². The maximum atomic E-state index is 13.0. The number of ketones is 1. The number of pyridine rings is 1. The van der Waals surface area contributed by atoms with Crippen LogP contribution < -0.4 is 0 Å². The minimum Gasteiger partial charge on any atom is -0.360 e. The van der Waals surface area contributed by atoms with Gasteiger partial charge in [0.25, 0.3) is 0 Å². The highest BCUT2D eigenvalue weighted by atomic mass is 32.2. The average molecular weight is 377 g/mol. The van der Waals surface area contributed by atoms with Crippen molar-refractivity contribution in [3.05, 3.63) is 60.6 Å². The van der Waals surface area contributed by atoms with Crippen molar-refractivity contribution in [2.45, 2.75) is 30.8 Å². The van der Waals surface area contributed by atoms with E-state index in [0.29, 0.717) is 5.56 Å². The van der Waals surface area contributed by atoms with Crippen molar-refractivity contribution in [3.8, 4) is 11.4 Å². The molecule has 1 N–H and O–H groups in total. The number of fused-ring (bicyclic) bond motifs is 1. The average Bonchev–Trinajstić information content (AvgIpc) is 3.32. The number of aromatic amines is 1. The monoisotopic (exact) mass is 377 g/mol. The van der Waals surface area contributed by atoms with Gasteiger partial charge in [-0.15, -0.1) is 10.2 Å². The lowest BCUT2D eigenvalue weighted by Crippen LogP contribution is -2.14.